The number of pyridine rings is 1. The maximum Gasteiger partial charge on any atom is 0.141 e. The molecule has 3 aromatic rings. The van der Waals surface area contributed by atoms with Crippen LogP contribution in [0.2, 0.25) is 10.0 Å². The highest BCUT2D eigenvalue weighted by Crippen LogP contribution is 2.36. The van der Waals surface area contributed by atoms with Gasteiger partial charge in [0.15, 0.2) is 0 Å². The van der Waals surface area contributed by atoms with Crippen molar-refractivity contribution in [2.45, 2.75) is 38.4 Å². The molecule has 4 N–H and O–H groups in total. The number of hydrogen-bond donors (Lipinski definition) is 4. The number of rotatable bonds is 7. The lowest BCUT2D eigenvalue weighted by Crippen LogP contribution is -2.47. The van der Waals surface area contributed by atoms with Crippen LogP contribution in [-0.2, 0) is 0 Å². The molecule has 1 aromatic heterocycles. The highest BCUT2D eigenvalue weighted by molar-refractivity contribution is 6.36. The van der Waals surface area contributed by atoms with E-state index >= 15 is 0 Å². The Hall–Kier alpha value is -3.78. The van der Waals surface area contributed by atoms with Crippen molar-refractivity contribution in [3.05, 3.63) is 69.9 Å². The van der Waals surface area contributed by atoms with Crippen LogP contribution in [0.1, 0.15) is 25.8 Å². The maximum absolute atomic E-state index is 13.7. The van der Waals surface area contributed by atoms with Gasteiger partial charge >= 0.3 is 0 Å². The van der Waals surface area contributed by atoms with Crippen LogP contribution >= 0.6 is 23.2 Å². The third kappa shape index (κ3) is 5.00. The van der Waals surface area contributed by atoms with Gasteiger partial charge in [0.05, 0.1) is 44.6 Å². The third-order valence-corrected chi connectivity index (χ3v) is 7.11. The molecule has 0 aliphatic carbocycles. The molecule has 0 saturated carbocycles. The van der Waals surface area contributed by atoms with E-state index in [2.05, 4.69) is 51.6 Å². The Labute approximate surface area is 229 Å². The largest absolute Gasteiger partial charge is 0.375 e. The molecule has 2 aromatic carbocycles. The molecule has 0 saturated heterocycles. The molecule has 0 bridgehead atoms. The minimum atomic E-state index is -0.529. The summed E-state index contributed by atoms with van der Waals surface area (Å²) in [6.07, 6.45) is 6.16. The molecule has 9 nitrogen and oxygen atoms in total. The Bertz CT molecular complexity index is 1480. The van der Waals surface area contributed by atoms with Crippen LogP contribution in [-0.4, -0.2) is 46.4 Å². The number of aromatic nitrogens is 1. The zero-order valence-electron chi connectivity index (χ0n) is 20.9. The number of hydrogen-bond acceptors (Lipinski definition) is 9. The van der Waals surface area contributed by atoms with Gasteiger partial charge in [0.25, 0.3) is 0 Å². The highest BCUT2D eigenvalue weighted by atomic mass is 35.5. The van der Waals surface area contributed by atoms with Gasteiger partial charge in [-0.1, -0.05) is 23.2 Å². The van der Waals surface area contributed by atoms with Crippen molar-refractivity contribution in [3.8, 4) is 6.07 Å². The van der Waals surface area contributed by atoms with Gasteiger partial charge in [-0.15, -0.1) is 5.53 Å². The SMILES string of the molecule is CC(C)N1C=C([C@@H](Nc2cc(Cl)c3ncc(C#N)c(Nc4ccc(F)c(Cl)c4)c3c2)C2CC=NN2C)NN1. The van der Waals surface area contributed by atoms with E-state index in [1.54, 1.807) is 6.07 Å². The maximum atomic E-state index is 13.7. The van der Waals surface area contributed by atoms with Crippen molar-refractivity contribution in [3.63, 3.8) is 0 Å². The number of nitrogens with zero attached hydrogens (tertiary/aromatic N) is 5. The number of likely N-dealkylation sites (N-methyl/N-ethyl adjacent to an activating group) is 1. The zero-order chi connectivity index (χ0) is 27.0. The predicted octanol–water partition coefficient (Wildman–Crippen LogP) is 5.34. The van der Waals surface area contributed by atoms with Crippen LogP contribution in [0.5, 0.6) is 0 Å². The predicted molar refractivity (Wildman–Crippen MR) is 150 cm³/mol. The van der Waals surface area contributed by atoms with Crippen molar-refractivity contribution in [2.75, 3.05) is 17.7 Å². The van der Waals surface area contributed by atoms with E-state index in [0.717, 1.165) is 17.8 Å². The summed E-state index contributed by atoms with van der Waals surface area (Å²) in [6, 6.07) is 10.3. The van der Waals surface area contributed by atoms with Crippen molar-refractivity contribution >= 4 is 57.4 Å². The second kappa shape index (κ2) is 10.5. The summed E-state index contributed by atoms with van der Waals surface area (Å²) in [5, 5.41) is 26.0. The number of fused-ring (bicyclic) bond motifs is 1. The van der Waals surface area contributed by atoms with E-state index < -0.39 is 5.82 Å². The van der Waals surface area contributed by atoms with Gasteiger partial charge in [-0.25, -0.2) is 4.39 Å². The molecule has 1 unspecified atom stereocenters. The molecule has 3 heterocycles. The first-order valence-electron chi connectivity index (χ1n) is 12.0. The van der Waals surface area contributed by atoms with Crippen LogP contribution in [0.3, 0.4) is 0 Å². The number of benzene rings is 2. The smallest absolute Gasteiger partial charge is 0.141 e. The summed E-state index contributed by atoms with van der Waals surface area (Å²) in [5.41, 5.74) is 9.99. The first-order chi connectivity index (χ1) is 18.2. The molecule has 196 valence electrons. The van der Waals surface area contributed by atoms with Gasteiger partial charge in [-0.05, 0) is 44.2 Å². The number of nitrogens with one attached hydrogen (secondary N) is 4. The minimum absolute atomic E-state index is 0.0283. The lowest BCUT2D eigenvalue weighted by molar-refractivity contribution is 0.218. The Balaban J connectivity index is 1.56. The summed E-state index contributed by atoms with van der Waals surface area (Å²) in [5.74, 6) is -0.529. The van der Waals surface area contributed by atoms with Gasteiger partial charge in [-0.2, -0.15) is 10.4 Å². The Morgan fingerprint density at radius 2 is 1.97 bits per heavy atom. The lowest BCUT2D eigenvalue weighted by atomic mass is 10.0. The van der Waals surface area contributed by atoms with Gasteiger partial charge in [-0.3, -0.25) is 15.0 Å². The summed E-state index contributed by atoms with van der Waals surface area (Å²) in [7, 11) is 1.94. The van der Waals surface area contributed by atoms with Crippen LogP contribution < -0.4 is 21.6 Å². The first-order valence-corrected chi connectivity index (χ1v) is 12.8. The van der Waals surface area contributed by atoms with Crippen molar-refractivity contribution in [1.29, 1.82) is 5.26 Å². The molecule has 38 heavy (non-hydrogen) atoms. The Kier molecular flexibility index (Phi) is 7.17. The topological polar surface area (TPSA) is 104 Å². The second-order valence-electron chi connectivity index (χ2n) is 9.39. The first kappa shape index (κ1) is 25.9. The van der Waals surface area contributed by atoms with E-state index in [1.165, 1.54) is 18.3 Å². The third-order valence-electron chi connectivity index (χ3n) is 6.53. The number of anilines is 3. The zero-order valence-corrected chi connectivity index (χ0v) is 22.4. The molecule has 2 aliphatic heterocycles. The molecule has 0 radical (unpaired) electrons. The van der Waals surface area contributed by atoms with Crippen LogP contribution in [0.15, 0.2) is 53.5 Å². The minimum Gasteiger partial charge on any atom is -0.375 e. The molecular weight excluding hydrogens is 528 g/mol. The standard InChI is InChI=1S/C26H26Cl2FN9/c1-14(2)38-13-22(35-36-38)26(23-6-7-32-37(23)3)34-17-8-18-24(33-16-4-5-21(29)19(27)9-16)15(11-30)12-31-25(18)20(28)10-17/h4-5,7-10,12-14,23,26,34-36H,6H2,1-3H3,(H,31,33)/t23?,26-/m1/s1. The van der Waals surface area contributed by atoms with Crippen molar-refractivity contribution in [2.24, 2.45) is 5.10 Å². The summed E-state index contributed by atoms with van der Waals surface area (Å²) < 4.78 is 13.7. The number of hydrazine groups is 2. The Morgan fingerprint density at radius 1 is 1.18 bits per heavy atom. The quantitative estimate of drug-likeness (QED) is 0.311. The Morgan fingerprint density at radius 3 is 2.63 bits per heavy atom. The summed E-state index contributed by atoms with van der Waals surface area (Å²) in [4.78, 5) is 4.43. The van der Waals surface area contributed by atoms with Gasteiger partial charge in [0.1, 0.15) is 11.9 Å². The second-order valence-corrected chi connectivity index (χ2v) is 10.2. The van der Waals surface area contributed by atoms with Crippen molar-refractivity contribution < 1.29 is 4.39 Å². The van der Waals surface area contributed by atoms with Crippen LogP contribution in [0.25, 0.3) is 10.9 Å². The summed E-state index contributed by atoms with van der Waals surface area (Å²) >= 11 is 12.7. The fourth-order valence-electron chi connectivity index (χ4n) is 4.49. The molecule has 0 fully saturated rings. The highest BCUT2D eigenvalue weighted by Gasteiger charge is 2.33. The number of hydrazone groups is 1. The fourth-order valence-corrected chi connectivity index (χ4v) is 4.94. The van der Waals surface area contributed by atoms with Gasteiger partial charge in [0.2, 0.25) is 0 Å². The van der Waals surface area contributed by atoms with E-state index in [0.29, 0.717) is 32.9 Å². The van der Waals surface area contributed by atoms with E-state index in [9.17, 15) is 9.65 Å². The molecule has 0 spiro atoms. The summed E-state index contributed by atoms with van der Waals surface area (Å²) in [6.45, 7) is 4.18. The molecule has 2 aliphatic rings. The van der Waals surface area contributed by atoms with Gasteiger partial charge < -0.3 is 16.1 Å². The lowest BCUT2D eigenvalue weighted by Gasteiger charge is -2.30. The fraction of sp³-hybridized carbons (Fsp3) is 0.269. The van der Waals surface area contributed by atoms with Crippen molar-refractivity contribution in [1.82, 2.24) is 26.0 Å². The van der Waals surface area contributed by atoms with Crippen LogP contribution in [0, 0.1) is 17.1 Å². The molecule has 0 amide bonds. The van der Waals surface area contributed by atoms with E-state index in [-0.39, 0.29) is 23.1 Å². The number of nitriles is 1. The average molecular weight is 554 g/mol. The monoisotopic (exact) mass is 553 g/mol. The molecule has 5 rings (SSSR count). The van der Waals surface area contributed by atoms with E-state index in [1.807, 2.05) is 41.6 Å². The molecule has 12 heteroatoms. The van der Waals surface area contributed by atoms with Crippen LogP contribution in [0.4, 0.5) is 21.5 Å². The molecule has 2 atom stereocenters. The van der Waals surface area contributed by atoms with E-state index in [4.69, 9.17) is 23.2 Å². The normalized spacial score (nSPS) is 17.5. The average Bonchev–Trinajstić information content (AvgIpc) is 3.55. The number of halogens is 3. The van der Waals surface area contributed by atoms with Gasteiger partial charge in [0, 0.05) is 54.9 Å². The molecular formula is C26H26Cl2FN9.